The number of amides is 2. The van der Waals surface area contributed by atoms with Gasteiger partial charge in [-0.25, -0.2) is 13.1 Å². The van der Waals surface area contributed by atoms with Crippen molar-refractivity contribution >= 4 is 33.2 Å². The van der Waals surface area contributed by atoms with Crippen LogP contribution in [0.2, 0.25) is 0 Å². The highest BCUT2D eigenvalue weighted by molar-refractivity contribution is 7.89. The minimum absolute atomic E-state index is 0.106. The van der Waals surface area contributed by atoms with Gasteiger partial charge in [0.1, 0.15) is 0 Å². The van der Waals surface area contributed by atoms with Crippen LogP contribution in [0.15, 0.2) is 69.5 Å². The number of carbonyl (C=O) groups is 2. The quantitative estimate of drug-likeness (QED) is 0.610. The molecule has 2 aromatic heterocycles. The molecule has 0 spiro atoms. The second kappa shape index (κ2) is 9.04. The van der Waals surface area contributed by atoms with Gasteiger partial charge in [0.25, 0.3) is 11.8 Å². The molecule has 2 amide bonds. The molecule has 0 unspecified atom stereocenters. The summed E-state index contributed by atoms with van der Waals surface area (Å²) in [5.74, 6) is -0.105. The lowest BCUT2D eigenvalue weighted by Gasteiger charge is -2.34. The third kappa shape index (κ3) is 4.87. The fourth-order valence-electron chi connectivity index (χ4n) is 3.29. The maximum absolute atomic E-state index is 12.8. The normalized spacial score (nSPS) is 14.6. The Morgan fingerprint density at radius 1 is 0.935 bits per heavy atom. The van der Waals surface area contributed by atoms with E-state index in [0.717, 1.165) is 4.88 Å². The number of piperazine rings is 1. The molecule has 162 valence electrons. The Bertz CT molecular complexity index is 1130. The fourth-order valence-corrected chi connectivity index (χ4v) is 5.03. The minimum Gasteiger partial charge on any atom is -0.459 e. The van der Waals surface area contributed by atoms with Crippen molar-refractivity contribution in [2.75, 3.05) is 26.2 Å². The average molecular weight is 460 g/mol. The highest BCUT2D eigenvalue weighted by Crippen LogP contribution is 2.16. The van der Waals surface area contributed by atoms with Crippen LogP contribution in [0.3, 0.4) is 0 Å². The lowest BCUT2D eigenvalue weighted by Crippen LogP contribution is -2.50. The van der Waals surface area contributed by atoms with Crippen LogP contribution in [0, 0.1) is 0 Å². The number of nitrogens with one attached hydrogen (secondary N) is 1. The predicted molar refractivity (Wildman–Crippen MR) is 115 cm³/mol. The van der Waals surface area contributed by atoms with Crippen LogP contribution in [0.5, 0.6) is 0 Å². The monoisotopic (exact) mass is 459 g/mol. The maximum atomic E-state index is 12.8. The molecule has 3 aromatic rings. The first-order valence-corrected chi connectivity index (χ1v) is 12.0. The molecular weight excluding hydrogens is 438 g/mol. The average Bonchev–Trinajstić information content (AvgIpc) is 3.51. The molecule has 0 bridgehead atoms. The lowest BCUT2D eigenvalue weighted by molar-refractivity contribution is 0.0518. The molecular formula is C21H21N3O5S2. The molecule has 1 aliphatic rings. The summed E-state index contributed by atoms with van der Waals surface area (Å²) in [6, 6.07) is 12.9. The molecule has 31 heavy (non-hydrogen) atoms. The Morgan fingerprint density at radius 2 is 1.61 bits per heavy atom. The van der Waals surface area contributed by atoms with Gasteiger partial charge in [-0.15, -0.1) is 11.3 Å². The molecule has 1 N–H and O–H groups in total. The van der Waals surface area contributed by atoms with Gasteiger partial charge < -0.3 is 14.2 Å². The van der Waals surface area contributed by atoms with Crippen LogP contribution in [0.4, 0.5) is 0 Å². The zero-order valence-electron chi connectivity index (χ0n) is 16.6. The van der Waals surface area contributed by atoms with E-state index in [1.54, 1.807) is 21.9 Å². The summed E-state index contributed by atoms with van der Waals surface area (Å²) >= 11 is 1.48. The second-order valence-electron chi connectivity index (χ2n) is 6.99. The SMILES string of the molecule is O=C(c1ccc(S(=O)(=O)NCc2cccs2)cc1)N1CCN(C(=O)c2ccco2)CC1. The number of hydrogen-bond donors (Lipinski definition) is 1. The zero-order chi connectivity index (χ0) is 21.8. The molecule has 0 saturated carbocycles. The highest BCUT2D eigenvalue weighted by Gasteiger charge is 2.27. The molecule has 4 rings (SSSR count). The van der Waals surface area contributed by atoms with Gasteiger partial charge in [0.15, 0.2) is 5.76 Å². The van der Waals surface area contributed by atoms with E-state index in [2.05, 4.69) is 4.72 Å². The zero-order valence-corrected chi connectivity index (χ0v) is 18.2. The van der Waals surface area contributed by atoms with E-state index in [4.69, 9.17) is 4.42 Å². The summed E-state index contributed by atoms with van der Waals surface area (Å²) in [5.41, 5.74) is 0.406. The van der Waals surface area contributed by atoms with Crippen molar-refractivity contribution in [2.24, 2.45) is 0 Å². The van der Waals surface area contributed by atoms with E-state index in [-0.39, 0.29) is 29.0 Å². The Labute approximate surface area is 184 Å². The van der Waals surface area contributed by atoms with Crippen molar-refractivity contribution in [3.8, 4) is 0 Å². The lowest BCUT2D eigenvalue weighted by atomic mass is 10.2. The summed E-state index contributed by atoms with van der Waals surface area (Å²) in [5, 5.41) is 1.89. The Kier molecular flexibility index (Phi) is 6.21. The number of hydrogen-bond acceptors (Lipinski definition) is 6. The maximum Gasteiger partial charge on any atom is 0.289 e. The van der Waals surface area contributed by atoms with Crippen molar-refractivity contribution in [1.29, 1.82) is 0 Å². The number of thiophene rings is 1. The van der Waals surface area contributed by atoms with Crippen LogP contribution in [0.1, 0.15) is 25.8 Å². The summed E-state index contributed by atoms with van der Waals surface area (Å²) in [7, 11) is -3.66. The number of sulfonamides is 1. The molecule has 1 aliphatic heterocycles. The smallest absolute Gasteiger partial charge is 0.289 e. The van der Waals surface area contributed by atoms with Crippen molar-refractivity contribution in [3.63, 3.8) is 0 Å². The third-order valence-corrected chi connectivity index (χ3v) is 7.31. The first-order chi connectivity index (χ1) is 14.9. The van der Waals surface area contributed by atoms with Gasteiger partial charge >= 0.3 is 0 Å². The van der Waals surface area contributed by atoms with E-state index in [1.165, 1.54) is 41.9 Å². The van der Waals surface area contributed by atoms with E-state index < -0.39 is 10.0 Å². The molecule has 0 atom stereocenters. The van der Waals surface area contributed by atoms with Crippen LogP contribution >= 0.6 is 11.3 Å². The molecule has 8 nitrogen and oxygen atoms in total. The fraction of sp³-hybridized carbons (Fsp3) is 0.238. The Morgan fingerprint density at radius 3 is 2.19 bits per heavy atom. The van der Waals surface area contributed by atoms with Crippen LogP contribution in [-0.4, -0.2) is 56.2 Å². The summed E-state index contributed by atoms with van der Waals surface area (Å²) in [4.78, 5) is 29.5. The largest absolute Gasteiger partial charge is 0.459 e. The first-order valence-electron chi connectivity index (χ1n) is 9.68. The molecule has 1 aromatic carbocycles. The van der Waals surface area contributed by atoms with Gasteiger partial charge in [-0.2, -0.15) is 0 Å². The Hall–Kier alpha value is -2.95. The van der Waals surface area contributed by atoms with E-state index in [9.17, 15) is 18.0 Å². The molecule has 0 radical (unpaired) electrons. The summed E-state index contributed by atoms with van der Waals surface area (Å²) in [6.45, 7) is 1.83. The molecule has 10 heteroatoms. The minimum atomic E-state index is -3.66. The highest BCUT2D eigenvalue weighted by atomic mass is 32.2. The van der Waals surface area contributed by atoms with Gasteiger partial charge in [0.05, 0.1) is 11.2 Å². The van der Waals surface area contributed by atoms with Crippen molar-refractivity contribution in [2.45, 2.75) is 11.4 Å². The van der Waals surface area contributed by atoms with Crippen LogP contribution in [-0.2, 0) is 16.6 Å². The van der Waals surface area contributed by atoms with E-state index in [0.29, 0.717) is 31.7 Å². The number of rotatable bonds is 6. The van der Waals surface area contributed by atoms with E-state index in [1.807, 2.05) is 17.5 Å². The topological polar surface area (TPSA) is 99.9 Å². The molecule has 0 aliphatic carbocycles. The number of nitrogens with zero attached hydrogens (tertiary/aromatic N) is 2. The molecule has 1 saturated heterocycles. The second-order valence-corrected chi connectivity index (χ2v) is 9.79. The summed E-state index contributed by atoms with van der Waals surface area (Å²) in [6.07, 6.45) is 1.45. The predicted octanol–water partition coefficient (Wildman–Crippen LogP) is 2.42. The Balaban J connectivity index is 1.35. The number of carbonyl (C=O) groups excluding carboxylic acids is 2. The van der Waals surface area contributed by atoms with Gasteiger partial charge in [0.2, 0.25) is 10.0 Å². The summed E-state index contributed by atoms with van der Waals surface area (Å²) < 4.78 is 32.6. The number of benzene rings is 1. The van der Waals surface area contributed by atoms with Crippen LogP contribution < -0.4 is 4.72 Å². The third-order valence-electron chi connectivity index (χ3n) is 5.01. The van der Waals surface area contributed by atoms with Gasteiger partial charge in [-0.3, -0.25) is 9.59 Å². The van der Waals surface area contributed by atoms with Gasteiger partial charge in [-0.1, -0.05) is 6.07 Å². The van der Waals surface area contributed by atoms with Crippen molar-refractivity contribution in [1.82, 2.24) is 14.5 Å². The first kappa shape index (κ1) is 21.3. The van der Waals surface area contributed by atoms with Gasteiger partial charge in [-0.05, 0) is 47.8 Å². The van der Waals surface area contributed by atoms with Crippen molar-refractivity contribution < 1.29 is 22.4 Å². The van der Waals surface area contributed by atoms with E-state index >= 15 is 0 Å². The van der Waals surface area contributed by atoms with Gasteiger partial charge in [0, 0.05) is 43.2 Å². The number of furan rings is 1. The van der Waals surface area contributed by atoms with Crippen molar-refractivity contribution in [3.05, 3.63) is 76.4 Å². The van der Waals surface area contributed by atoms with Crippen LogP contribution in [0.25, 0.3) is 0 Å². The molecule has 1 fully saturated rings. The molecule has 3 heterocycles. The standard InChI is InChI=1S/C21H21N3O5S2/c25-20(23-9-11-24(12-10-23)21(26)19-4-1-13-29-19)16-5-7-18(8-6-16)31(27,28)22-15-17-3-2-14-30-17/h1-8,13-14,22H,9-12,15H2.